The molecule has 0 amide bonds. The Morgan fingerprint density at radius 2 is 2.08 bits per heavy atom. The van der Waals surface area contributed by atoms with Crippen LogP contribution in [-0.4, -0.2) is 63.9 Å². The Kier molecular flexibility index (Phi) is 6.34. The van der Waals surface area contributed by atoms with Crippen LogP contribution in [-0.2, 0) is 17.7 Å². The van der Waals surface area contributed by atoms with Crippen LogP contribution in [0.15, 0.2) is 21.6 Å². The lowest BCUT2D eigenvalue weighted by Gasteiger charge is -2.26. The Morgan fingerprint density at radius 3 is 2.88 bits per heavy atom. The van der Waals surface area contributed by atoms with Gasteiger partial charge in [0.05, 0.1) is 19.8 Å². The van der Waals surface area contributed by atoms with Crippen molar-refractivity contribution < 1.29 is 9.47 Å². The molecule has 0 aliphatic carbocycles. The van der Waals surface area contributed by atoms with E-state index in [9.17, 15) is 0 Å². The Hall–Kier alpha value is -1.31. The summed E-state index contributed by atoms with van der Waals surface area (Å²) in [6.07, 6.45) is 0.980. The fraction of sp³-hybridized carbons (Fsp3) is 0.588. The predicted molar refractivity (Wildman–Crippen MR) is 98.8 cm³/mol. The standard InChI is InChI=1S/C17H25BrN4O2/c1-19-17(20-3-4-22-5-8-23-9-6-22)21-12-14-11-15(18)10-13-2-7-24-16(13)14/h10-11H,2-9,12H2,1H3,(H2,19,20,21). The monoisotopic (exact) mass is 396 g/mol. The lowest BCUT2D eigenvalue weighted by atomic mass is 10.1. The van der Waals surface area contributed by atoms with Gasteiger partial charge in [0.2, 0.25) is 0 Å². The van der Waals surface area contributed by atoms with Gasteiger partial charge in [-0.1, -0.05) is 15.9 Å². The molecule has 0 unspecified atom stereocenters. The van der Waals surface area contributed by atoms with Gasteiger partial charge >= 0.3 is 0 Å². The highest BCUT2D eigenvalue weighted by atomic mass is 79.9. The minimum Gasteiger partial charge on any atom is -0.493 e. The minimum absolute atomic E-state index is 0.693. The van der Waals surface area contributed by atoms with Crippen LogP contribution in [0.25, 0.3) is 0 Å². The fourth-order valence-corrected chi connectivity index (χ4v) is 3.59. The molecular weight excluding hydrogens is 372 g/mol. The number of guanidine groups is 1. The zero-order valence-corrected chi connectivity index (χ0v) is 15.7. The molecule has 1 fully saturated rings. The highest BCUT2D eigenvalue weighted by Crippen LogP contribution is 2.32. The van der Waals surface area contributed by atoms with E-state index in [1.165, 1.54) is 5.56 Å². The number of nitrogens with zero attached hydrogens (tertiary/aromatic N) is 2. The van der Waals surface area contributed by atoms with Crippen LogP contribution in [0.5, 0.6) is 5.75 Å². The van der Waals surface area contributed by atoms with Gasteiger partial charge in [-0.05, 0) is 17.7 Å². The number of rotatable bonds is 5. The lowest BCUT2D eigenvalue weighted by molar-refractivity contribution is 0.0389. The van der Waals surface area contributed by atoms with Gasteiger partial charge in [-0.3, -0.25) is 9.89 Å². The normalized spacial score (nSPS) is 18.2. The molecule has 0 spiro atoms. The third-order valence-corrected chi connectivity index (χ3v) is 4.78. The number of hydrogen-bond acceptors (Lipinski definition) is 4. The number of hydrogen-bond donors (Lipinski definition) is 2. The van der Waals surface area contributed by atoms with Crippen molar-refractivity contribution in [2.45, 2.75) is 13.0 Å². The Labute approximate surface area is 151 Å². The summed E-state index contributed by atoms with van der Waals surface area (Å²) >= 11 is 3.58. The first-order valence-corrected chi connectivity index (χ1v) is 9.24. The maximum absolute atomic E-state index is 5.77. The van der Waals surface area contributed by atoms with Crippen LogP contribution in [0.4, 0.5) is 0 Å². The van der Waals surface area contributed by atoms with Gasteiger partial charge in [0.1, 0.15) is 5.75 Å². The Bertz CT molecular complexity index is 588. The Morgan fingerprint density at radius 1 is 1.25 bits per heavy atom. The minimum atomic E-state index is 0.693. The third-order valence-electron chi connectivity index (χ3n) is 4.32. The summed E-state index contributed by atoms with van der Waals surface area (Å²) in [5.41, 5.74) is 2.43. The first-order valence-electron chi connectivity index (χ1n) is 8.45. The van der Waals surface area contributed by atoms with Crippen LogP contribution in [0, 0.1) is 0 Å². The largest absolute Gasteiger partial charge is 0.493 e. The molecule has 2 N–H and O–H groups in total. The van der Waals surface area contributed by atoms with Crippen molar-refractivity contribution in [1.29, 1.82) is 0 Å². The van der Waals surface area contributed by atoms with Crippen molar-refractivity contribution in [2.24, 2.45) is 4.99 Å². The van der Waals surface area contributed by atoms with Gasteiger partial charge in [0, 0.05) is 56.2 Å². The van der Waals surface area contributed by atoms with Crippen molar-refractivity contribution in [2.75, 3.05) is 53.0 Å². The van der Waals surface area contributed by atoms with Crippen molar-refractivity contribution in [1.82, 2.24) is 15.5 Å². The van der Waals surface area contributed by atoms with Crippen LogP contribution < -0.4 is 15.4 Å². The van der Waals surface area contributed by atoms with Crippen LogP contribution >= 0.6 is 15.9 Å². The average molecular weight is 397 g/mol. The molecule has 132 valence electrons. The van der Waals surface area contributed by atoms with E-state index in [1.807, 2.05) is 0 Å². The molecule has 0 atom stereocenters. The molecule has 1 aromatic rings. The zero-order chi connectivity index (χ0) is 16.8. The van der Waals surface area contributed by atoms with Gasteiger partial charge in [-0.2, -0.15) is 0 Å². The van der Waals surface area contributed by atoms with Gasteiger partial charge in [0.25, 0.3) is 0 Å². The number of ether oxygens (including phenoxy) is 2. The molecule has 2 aliphatic heterocycles. The number of morpholine rings is 1. The summed E-state index contributed by atoms with van der Waals surface area (Å²) in [6, 6.07) is 4.25. The van der Waals surface area contributed by atoms with E-state index in [0.717, 1.165) is 74.2 Å². The van der Waals surface area contributed by atoms with Crippen LogP contribution in [0.1, 0.15) is 11.1 Å². The number of nitrogens with one attached hydrogen (secondary N) is 2. The summed E-state index contributed by atoms with van der Waals surface area (Å²) < 4.78 is 12.2. The molecule has 1 aromatic carbocycles. The molecule has 0 saturated carbocycles. The van der Waals surface area contributed by atoms with Crippen molar-refractivity contribution in [3.05, 3.63) is 27.7 Å². The zero-order valence-electron chi connectivity index (χ0n) is 14.1. The number of benzene rings is 1. The molecule has 0 radical (unpaired) electrons. The predicted octanol–water partition coefficient (Wildman–Crippen LogP) is 1.38. The molecule has 2 heterocycles. The quantitative estimate of drug-likeness (QED) is 0.581. The van der Waals surface area contributed by atoms with E-state index in [4.69, 9.17) is 9.47 Å². The summed E-state index contributed by atoms with van der Waals surface area (Å²) in [6.45, 7) is 7.02. The first-order chi connectivity index (χ1) is 11.8. The molecule has 24 heavy (non-hydrogen) atoms. The third kappa shape index (κ3) is 4.62. The average Bonchev–Trinajstić information content (AvgIpc) is 3.07. The molecule has 0 bridgehead atoms. The van der Waals surface area contributed by atoms with Crippen molar-refractivity contribution in [3.8, 4) is 5.75 Å². The van der Waals surface area contributed by atoms with Gasteiger partial charge in [-0.15, -0.1) is 0 Å². The van der Waals surface area contributed by atoms with E-state index >= 15 is 0 Å². The second-order valence-corrected chi connectivity index (χ2v) is 6.87. The van der Waals surface area contributed by atoms with Gasteiger partial charge in [-0.25, -0.2) is 0 Å². The Balaban J connectivity index is 1.48. The van der Waals surface area contributed by atoms with Gasteiger partial charge < -0.3 is 20.1 Å². The molecule has 0 aromatic heterocycles. The molecule has 1 saturated heterocycles. The fourth-order valence-electron chi connectivity index (χ4n) is 3.03. The lowest BCUT2D eigenvalue weighted by Crippen LogP contribution is -2.44. The van der Waals surface area contributed by atoms with Crippen LogP contribution in [0.3, 0.4) is 0 Å². The van der Waals surface area contributed by atoms with E-state index < -0.39 is 0 Å². The highest BCUT2D eigenvalue weighted by Gasteiger charge is 2.17. The SMILES string of the molecule is CN=C(NCCN1CCOCC1)NCc1cc(Br)cc2c1OCC2. The second-order valence-electron chi connectivity index (χ2n) is 5.96. The van der Waals surface area contributed by atoms with Gasteiger partial charge in [0.15, 0.2) is 5.96 Å². The molecule has 6 nitrogen and oxygen atoms in total. The number of fused-ring (bicyclic) bond motifs is 1. The molecule has 3 rings (SSSR count). The van der Waals surface area contributed by atoms with Crippen molar-refractivity contribution in [3.63, 3.8) is 0 Å². The van der Waals surface area contributed by atoms with E-state index in [-0.39, 0.29) is 0 Å². The molecule has 7 heteroatoms. The number of aliphatic imine (C=N–C) groups is 1. The second kappa shape index (κ2) is 8.69. The highest BCUT2D eigenvalue weighted by molar-refractivity contribution is 9.10. The topological polar surface area (TPSA) is 58.1 Å². The summed E-state index contributed by atoms with van der Waals surface area (Å²) in [5, 5.41) is 6.75. The molecular formula is C17H25BrN4O2. The molecule has 2 aliphatic rings. The van der Waals surface area contributed by atoms with E-state index in [2.05, 4.69) is 48.6 Å². The first kappa shape index (κ1) is 17.5. The smallest absolute Gasteiger partial charge is 0.191 e. The summed E-state index contributed by atoms with van der Waals surface area (Å²) in [7, 11) is 1.80. The maximum Gasteiger partial charge on any atom is 0.191 e. The van der Waals surface area contributed by atoms with E-state index in [1.54, 1.807) is 7.05 Å². The van der Waals surface area contributed by atoms with Crippen LogP contribution in [0.2, 0.25) is 0 Å². The maximum atomic E-state index is 5.77. The summed E-state index contributed by atoms with van der Waals surface area (Å²) in [4.78, 5) is 6.70. The van der Waals surface area contributed by atoms with Crippen molar-refractivity contribution >= 4 is 21.9 Å². The summed E-state index contributed by atoms with van der Waals surface area (Å²) in [5.74, 6) is 1.84. The van der Waals surface area contributed by atoms with E-state index in [0.29, 0.717) is 6.54 Å². The number of halogens is 1.